The molecule has 2 amide bonds. The number of amides is 2. The Balaban J connectivity index is 1.81. The highest BCUT2D eigenvalue weighted by Crippen LogP contribution is 2.29. The van der Waals surface area contributed by atoms with Gasteiger partial charge in [-0.1, -0.05) is 88.7 Å². The van der Waals surface area contributed by atoms with Gasteiger partial charge >= 0.3 is 0 Å². The van der Waals surface area contributed by atoms with Crippen LogP contribution in [0.15, 0.2) is 112 Å². The van der Waals surface area contributed by atoms with E-state index < -0.39 is 28.5 Å². The first kappa shape index (κ1) is 31.0. The van der Waals surface area contributed by atoms with E-state index in [0.29, 0.717) is 11.3 Å². The zero-order valence-electron chi connectivity index (χ0n) is 23.8. The number of nitrogens with zero attached hydrogens (tertiary/aromatic N) is 2. The van der Waals surface area contributed by atoms with Gasteiger partial charge in [-0.15, -0.1) is 0 Å². The molecule has 0 aliphatic heterocycles. The molecule has 0 saturated carbocycles. The molecule has 0 aliphatic carbocycles. The minimum atomic E-state index is -4.13. The maximum Gasteiger partial charge on any atom is 0.264 e. The van der Waals surface area contributed by atoms with Crippen LogP contribution in [0.3, 0.4) is 0 Å². The number of anilines is 1. The molecule has 1 atom stereocenters. The van der Waals surface area contributed by atoms with Crippen molar-refractivity contribution in [3.05, 3.63) is 130 Å². The molecule has 0 saturated heterocycles. The molecular formula is C33H34BrN3O4S. The summed E-state index contributed by atoms with van der Waals surface area (Å²) in [5, 5.41) is 2.70. The SMILES string of the molecule is CNC(=O)C(Cc1ccccc1)N(Cc1cccc(Br)c1)C(=O)CN(c1cc(C)ccc1C)S(=O)(=O)c1ccccc1. The molecule has 0 spiro atoms. The number of carbonyl (C=O) groups excluding carboxylic acids is 2. The lowest BCUT2D eigenvalue weighted by Gasteiger charge is -2.34. The van der Waals surface area contributed by atoms with Crippen LogP contribution in [0.2, 0.25) is 0 Å². The molecule has 4 aromatic carbocycles. The summed E-state index contributed by atoms with van der Waals surface area (Å²) in [7, 11) is -2.60. The molecule has 0 heterocycles. The van der Waals surface area contributed by atoms with E-state index in [1.807, 2.05) is 80.6 Å². The number of halogens is 1. The predicted molar refractivity (Wildman–Crippen MR) is 170 cm³/mol. The maximum absolute atomic E-state index is 14.4. The number of likely N-dealkylation sites (N-methyl/N-ethyl adjacent to an activating group) is 1. The molecule has 4 rings (SSSR count). The molecule has 1 N–H and O–H groups in total. The normalized spacial score (nSPS) is 11.9. The fourth-order valence-electron chi connectivity index (χ4n) is 4.77. The first-order valence-corrected chi connectivity index (χ1v) is 15.8. The smallest absolute Gasteiger partial charge is 0.264 e. The summed E-state index contributed by atoms with van der Waals surface area (Å²) in [6.07, 6.45) is 0.259. The lowest BCUT2D eigenvalue weighted by atomic mass is 10.0. The van der Waals surface area contributed by atoms with E-state index in [1.54, 1.807) is 24.3 Å². The molecule has 0 fully saturated rings. The average molecular weight is 649 g/mol. The fraction of sp³-hybridized carbons (Fsp3) is 0.212. The monoisotopic (exact) mass is 647 g/mol. The van der Waals surface area contributed by atoms with Crippen LogP contribution in [-0.4, -0.2) is 44.8 Å². The number of sulfonamides is 1. The van der Waals surface area contributed by atoms with Gasteiger partial charge < -0.3 is 10.2 Å². The van der Waals surface area contributed by atoms with Crippen molar-refractivity contribution >= 4 is 43.5 Å². The molecule has 7 nitrogen and oxygen atoms in total. The second-order valence-corrected chi connectivity index (χ2v) is 12.9. The van der Waals surface area contributed by atoms with Gasteiger partial charge in [0.1, 0.15) is 12.6 Å². The van der Waals surface area contributed by atoms with E-state index in [-0.39, 0.29) is 23.8 Å². The van der Waals surface area contributed by atoms with Gasteiger partial charge in [0.05, 0.1) is 10.6 Å². The van der Waals surface area contributed by atoms with E-state index in [4.69, 9.17) is 0 Å². The number of aryl methyl sites for hydroxylation is 2. The predicted octanol–water partition coefficient (Wildman–Crippen LogP) is 5.65. The largest absolute Gasteiger partial charge is 0.357 e. The molecule has 0 bridgehead atoms. The Bertz CT molecular complexity index is 1650. The third-order valence-corrected chi connectivity index (χ3v) is 9.27. The van der Waals surface area contributed by atoms with Crippen LogP contribution in [0.1, 0.15) is 22.3 Å². The summed E-state index contributed by atoms with van der Waals surface area (Å²) in [6.45, 7) is 3.31. The zero-order valence-corrected chi connectivity index (χ0v) is 26.2. The van der Waals surface area contributed by atoms with Crippen LogP contribution in [0.4, 0.5) is 5.69 Å². The van der Waals surface area contributed by atoms with E-state index >= 15 is 0 Å². The lowest BCUT2D eigenvalue weighted by Crippen LogP contribution is -2.53. The van der Waals surface area contributed by atoms with Gasteiger partial charge in [-0.2, -0.15) is 0 Å². The highest BCUT2D eigenvalue weighted by atomic mass is 79.9. The Labute approximate surface area is 256 Å². The van der Waals surface area contributed by atoms with Gasteiger partial charge in [0, 0.05) is 24.5 Å². The van der Waals surface area contributed by atoms with Crippen LogP contribution in [-0.2, 0) is 32.6 Å². The average Bonchev–Trinajstić information content (AvgIpc) is 2.99. The number of carbonyl (C=O) groups is 2. The standard InChI is InChI=1S/C33H34BrN3O4S/c1-24-17-18-25(2)30(19-24)37(42(40,41)29-15-8-5-9-16-29)23-32(38)36(22-27-13-10-14-28(34)20-27)31(33(39)35-3)21-26-11-6-4-7-12-26/h4-20,31H,21-23H2,1-3H3,(H,35,39). The number of nitrogens with one attached hydrogen (secondary N) is 1. The van der Waals surface area contributed by atoms with Crippen molar-refractivity contribution in [2.75, 3.05) is 17.9 Å². The zero-order chi connectivity index (χ0) is 30.3. The fourth-order valence-corrected chi connectivity index (χ4v) is 6.71. The Morgan fingerprint density at radius 2 is 1.48 bits per heavy atom. The quantitative estimate of drug-likeness (QED) is 0.228. The molecule has 0 aliphatic rings. The molecule has 42 heavy (non-hydrogen) atoms. The summed E-state index contributed by atoms with van der Waals surface area (Å²) in [5.74, 6) is -0.841. The van der Waals surface area contributed by atoms with Crippen molar-refractivity contribution in [3.63, 3.8) is 0 Å². The van der Waals surface area contributed by atoms with Crippen LogP contribution >= 0.6 is 15.9 Å². The Kier molecular flexibility index (Phi) is 10.2. The lowest BCUT2D eigenvalue weighted by molar-refractivity contribution is -0.139. The molecule has 9 heteroatoms. The highest BCUT2D eigenvalue weighted by Gasteiger charge is 2.34. The topological polar surface area (TPSA) is 86.8 Å². The van der Waals surface area contributed by atoms with Crippen LogP contribution in [0.5, 0.6) is 0 Å². The van der Waals surface area contributed by atoms with Gasteiger partial charge in [0.2, 0.25) is 11.8 Å². The van der Waals surface area contributed by atoms with Crippen molar-refractivity contribution in [2.45, 2.75) is 37.8 Å². The minimum Gasteiger partial charge on any atom is -0.357 e. The molecule has 4 aromatic rings. The highest BCUT2D eigenvalue weighted by molar-refractivity contribution is 9.10. The summed E-state index contributed by atoms with van der Waals surface area (Å²) in [5.41, 5.74) is 3.65. The van der Waals surface area contributed by atoms with Crippen LogP contribution < -0.4 is 9.62 Å². The van der Waals surface area contributed by atoms with Crippen molar-refractivity contribution in [2.24, 2.45) is 0 Å². The van der Waals surface area contributed by atoms with E-state index in [9.17, 15) is 18.0 Å². The van der Waals surface area contributed by atoms with Crippen molar-refractivity contribution in [3.8, 4) is 0 Å². The van der Waals surface area contributed by atoms with Gasteiger partial charge in [-0.05, 0) is 66.4 Å². The van der Waals surface area contributed by atoms with Gasteiger partial charge in [-0.3, -0.25) is 13.9 Å². The summed E-state index contributed by atoms with van der Waals surface area (Å²) in [4.78, 5) is 29.3. The molecule has 218 valence electrons. The van der Waals surface area contributed by atoms with E-state index in [1.165, 1.54) is 24.1 Å². The van der Waals surface area contributed by atoms with Crippen molar-refractivity contribution < 1.29 is 18.0 Å². The molecular weight excluding hydrogens is 614 g/mol. The first-order valence-electron chi connectivity index (χ1n) is 13.5. The first-order chi connectivity index (χ1) is 20.1. The van der Waals surface area contributed by atoms with Gasteiger partial charge in [0.25, 0.3) is 10.0 Å². The summed E-state index contributed by atoms with van der Waals surface area (Å²) >= 11 is 3.49. The van der Waals surface area contributed by atoms with E-state index in [0.717, 1.165) is 25.5 Å². The van der Waals surface area contributed by atoms with Gasteiger partial charge in [-0.25, -0.2) is 8.42 Å². The third kappa shape index (κ3) is 7.46. The van der Waals surface area contributed by atoms with Crippen molar-refractivity contribution in [1.29, 1.82) is 0 Å². The second kappa shape index (κ2) is 13.8. The minimum absolute atomic E-state index is 0.0735. The maximum atomic E-state index is 14.4. The Morgan fingerprint density at radius 1 is 0.833 bits per heavy atom. The van der Waals surface area contributed by atoms with Crippen LogP contribution in [0.25, 0.3) is 0 Å². The summed E-state index contributed by atoms with van der Waals surface area (Å²) in [6, 6.07) is 29.6. The van der Waals surface area contributed by atoms with Crippen LogP contribution in [0, 0.1) is 13.8 Å². The Morgan fingerprint density at radius 3 is 2.12 bits per heavy atom. The second-order valence-electron chi connectivity index (χ2n) is 10.1. The molecule has 0 aromatic heterocycles. The number of hydrogen-bond acceptors (Lipinski definition) is 4. The number of benzene rings is 4. The van der Waals surface area contributed by atoms with Gasteiger partial charge in [0.15, 0.2) is 0 Å². The number of hydrogen-bond donors (Lipinski definition) is 1. The molecule has 1 unspecified atom stereocenters. The van der Waals surface area contributed by atoms with Crippen molar-refractivity contribution in [1.82, 2.24) is 10.2 Å². The Hall–Kier alpha value is -3.95. The number of rotatable bonds is 11. The van der Waals surface area contributed by atoms with E-state index in [2.05, 4.69) is 21.2 Å². The third-order valence-electron chi connectivity index (χ3n) is 7.00. The molecule has 0 radical (unpaired) electrons. The summed E-state index contributed by atoms with van der Waals surface area (Å²) < 4.78 is 30.1.